The maximum Gasteiger partial charge on any atom is 0.264 e. The largest absolute Gasteiger partial charge is 0.492 e. The number of amides is 1. The van der Waals surface area contributed by atoms with Gasteiger partial charge in [0.05, 0.1) is 17.1 Å². The number of carbonyl (C=O) groups is 1. The summed E-state index contributed by atoms with van der Waals surface area (Å²) < 4.78 is 33.7. The predicted molar refractivity (Wildman–Crippen MR) is 127 cm³/mol. The molecule has 0 radical (unpaired) electrons. The van der Waals surface area contributed by atoms with Gasteiger partial charge in [0.15, 0.2) is 0 Å². The fourth-order valence-corrected chi connectivity index (χ4v) is 4.77. The molecule has 32 heavy (non-hydrogen) atoms. The number of anilines is 1. The number of ether oxygens (including phenoxy) is 1. The van der Waals surface area contributed by atoms with E-state index in [0.29, 0.717) is 11.4 Å². The maximum atomic E-state index is 13.5. The third kappa shape index (κ3) is 5.88. The predicted octanol–water partition coefficient (Wildman–Crippen LogP) is 4.00. The van der Waals surface area contributed by atoms with Crippen molar-refractivity contribution in [2.24, 2.45) is 0 Å². The number of hydrogen-bond acceptors (Lipinski definition) is 4. The molecule has 0 aromatic heterocycles. The van der Waals surface area contributed by atoms with Crippen molar-refractivity contribution in [1.82, 2.24) is 5.32 Å². The van der Waals surface area contributed by atoms with Gasteiger partial charge in [-0.15, -0.1) is 0 Å². The minimum absolute atomic E-state index is 0.142. The molecule has 1 amide bonds. The van der Waals surface area contributed by atoms with Gasteiger partial charge in [-0.1, -0.05) is 53.6 Å². The number of aryl methyl sites for hydroxylation is 3. The van der Waals surface area contributed by atoms with E-state index in [-0.39, 0.29) is 24.6 Å². The average Bonchev–Trinajstić information content (AvgIpc) is 2.76. The molecule has 0 aliphatic rings. The van der Waals surface area contributed by atoms with E-state index < -0.39 is 15.9 Å². The van der Waals surface area contributed by atoms with Crippen molar-refractivity contribution in [3.8, 4) is 5.75 Å². The van der Waals surface area contributed by atoms with Gasteiger partial charge in [-0.3, -0.25) is 9.10 Å². The average molecular weight is 453 g/mol. The number of benzene rings is 3. The van der Waals surface area contributed by atoms with Gasteiger partial charge >= 0.3 is 0 Å². The molecular weight excluding hydrogens is 424 g/mol. The van der Waals surface area contributed by atoms with Crippen molar-refractivity contribution in [1.29, 1.82) is 0 Å². The highest BCUT2D eigenvalue weighted by molar-refractivity contribution is 7.92. The molecule has 3 aromatic rings. The molecule has 0 atom stereocenters. The van der Waals surface area contributed by atoms with Crippen LogP contribution in [0.1, 0.15) is 16.7 Å². The number of nitrogens with zero attached hydrogens (tertiary/aromatic N) is 1. The highest BCUT2D eigenvalue weighted by Gasteiger charge is 2.28. The Morgan fingerprint density at radius 1 is 0.906 bits per heavy atom. The maximum absolute atomic E-state index is 13.5. The van der Waals surface area contributed by atoms with Gasteiger partial charge in [0, 0.05) is 0 Å². The Labute approximate surface area is 189 Å². The summed E-state index contributed by atoms with van der Waals surface area (Å²) in [7, 11) is -3.93. The number of carbonyl (C=O) groups excluding carboxylic acids is 1. The van der Waals surface area contributed by atoms with Crippen LogP contribution in [0.25, 0.3) is 0 Å². The van der Waals surface area contributed by atoms with Crippen molar-refractivity contribution >= 4 is 21.6 Å². The SMILES string of the molecule is Cc1ccc(S(=O)(=O)N(CC(=O)NCCOc2ccccc2)c2ccc(C)cc2C)cc1. The van der Waals surface area contributed by atoms with Gasteiger partial charge < -0.3 is 10.1 Å². The van der Waals surface area contributed by atoms with Crippen molar-refractivity contribution in [3.63, 3.8) is 0 Å². The lowest BCUT2D eigenvalue weighted by Crippen LogP contribution is -2.42. The summed E-state index contributed by atoms with van der Waals surface area (Å²) >= 11 is 0. The van der Waals surface area contributed by atoms with E-state index in [4.69, 9.17) is 4.74 Å². The Kier molecular flexibility index (Phi) is 7.53. The van der Waals surface area contributed by atoms with E-state index in [1.807, 2.05) is 63.2 Å². The van der Waals surface area contributed by atoms with E-state index in [0.717, 1.165) is 16.7 Å². The smallest absolute Gasteiger partial charge is 0.264 e. The summed E-state index contributed by atoms with van der Waals surface area (Å²) in [4.78, 5) is 12.8. The zero-order valence-corrected chi connectivity index (χ0v) is 19.4. The summed E-state index contributed by atoms with van der Waals surface area (Å²) in [6, 6.07) is 21.4. The lowest BCUT2D eigenvalue weighted by atomic mass is 10.1. The second-order valence-corrected chi connectivity index (χ2v) is 9.49. The van der Waals surface area contributed by atoms with Gasteiger partial charge in [0.25, 0.3) is 10.0 Å². The first-order valence-electron chi connectivity index (χ1n) is 10.4. The Hall–Kier alpha value is -3.32. The van der Waals surface area contributed by atoms with Gasteiger partial charge in [0.2, 0.25) is 5.91 Å². The highest BCUT2D eigenvalue weighted by Crippen LogP contribution is 2.27. The van der Waals surface area contributed by atoms with Crippen LogP contribution in [0, 0.1) is 20.8 Å². The molecule has 6 nitrogen and oxygen atoms in total. The molecule has 0 unspecified atom stereocenters. The second kappa shape index (κ2) is 10.3. The quantitative estimate of drug-likeness (QED) is 0.498. The zero-order chi connectivity index (χ0) is 23.1. The first-order valence-corrected chi connectivity index (χ1v) is 11.8. The fourth-order valence-electron chi connectivity index (χ4n) is 3.28. The molecule has 3 aromatic carbocycles. The summed E-state index contributed by atoms with van der Waals surface area (Å²) in [6.45, 7) is 5.89. The van der Waals surface area contributed by atoms with Crippen molar-refractivity contribution in [3.05, 3.63) is 89.5 Å². The lowest BCUT2D eigenvalue weighted by molar-refractivity contribution is -0.119. The Morgan fingerprint density at radius 2 is 1.56 bits per heavy atom. The van der Waals surface area contributed by atoms with Crippen LogP contribution < -0.4 is 14.4 Å². The topological polar surface area (TPSA) is 75.7 Å². The zero-order valence-electron chi connectivity index (χ0n) is 18.5. The summed E-state index contributed by atoms with van der Waals surface area (Å²) in [5.41, 5.74) is 3.23. The minimum Gasteiger partial charge on any atom is -0.492 e. The monoisotopic (exact) mass is 452 g/mol. The molecule has 0 aliphatic carbocycles. The van der Waals surface area contributed by atoms with E-state index in [1.54, 1.807) is 30.3 Å². The summed E-state index contributed by atoms with van der Waals surface area (Å²) in [5, 5.41) is 2.75. The number of nitrogens with one attached hydrogen (secondary N) is 1. The van der Waals surface area contributed by atoms with Crippen LogP contribution in [-0.2, 0) is 14.8 Å². The molecule has 0 heterocycles. The van der Waals surface area contributed by atoms with Crippen molar-refractivity contribution in [2.75, 3.05) is 24.0 Å². The molecule has 7 heteroatoms. The van der Waals surface area contributed by atoms with Crippen LogP contribution >= 0.6 is 0 Å². The standard InChI is InChI=1S/C25H28N2O4S/c1-19-9-12-23(13-10-19)32(29,30)27(24-14-11-20(2)17-21(24)3)18-25(28)26-15-16-31-22-7-5-4-6-8-22/h4-14,17H,15-16,18H2,1-3H3,(H,26,28). The van der Waals surface area contributed by atoms with Gasteiger partial charge in [-0.2, -0.15) is 0 Å². The van der Waals surface area contributed by atoms with Crippen LogP contribution in [0.4, 0.5) is 5.69 Å². The molecule has 0 saturated carbocycles. The van der Waals surface area contributed by atoms with Gasteiger partial charge in [-0.25, -0.2) is 8.42 Å². The van der Waals surface area contributed by atoms with Gasteiger partial charge in [-0.05, 0) is 56.7 Å². The number of sulfonamides is 1. The summed E-state index contributed by atoms with van der Waals surface area (Å²) in [5.74, 6) is 0.304. The Morgan fingerprint density at radius 3 is 2.22 bits per heavy atom. The van der Waals surface area contributed by atoms with Gasteiger partial charge in [0.1, 0.15) is 18.9 Å². The Balaban J connectivity index is 1.76. The molecular formula is C25H28N2O4S. The molecule has 3 rings (SSSR count). The lowest BCUT2D eigenvalue weighted by Gasteiger charge is -2.26. The van der Waals surface area contributed by atoms with Crippen LogP contribution in [-0.4, -0.2) is 34.0 Å². The normalized spacial score (nSPS) is 11.1. The van der Waals surface area contributed by atoms with Crippen molar-refractivity contribution < 1.29 is 17.9 Å². The Bertz CT molecular complexity index is 1160. The van der Waals surface area contributed by atoms with Crippen LogP contribution in [0.3, 0.4) is 0 Å². The number of hydrogen-bond donors (Lipinski definition) is 1. The van der Waals surface area contributed by atoms with E-state index in [9.17, 15) is 13.2 Å². The molecule has 0 saturated heterocycles. The van der Waals surface area contributed by atoms with Crippen molar-refractivity contribution in [2.45, 2.75) is 25.7 Å². The number of para-hydroxylation sites is 1. The molecule has 168 valence electrons. The third-order valence-electron chi connectivity index (χ3n) is 4.95. The van der Waals surface area contributed by atoms with Crippen LogP contribution in [0.5, 0.6) is 5.75 Å². The molecule has 1 N–H and O–H groups in total. The van der Waals surface area contributed by atoms with E-state index in [2.05, 4.69) is 5.32 Å². The highest BCUT2D eigenvalue weighted by atomic mass is 32.2. The minimum atomic E-state index is -3.93. The van der Waals surface area contributed by atoms with Crippen LogP contribution in [0.15, 0.2) is 77.7 Å². The second-order valence-electron chi connectivity index (χ2n) is 7.63. The van der Waals surface area contributed by atoms with E-state index in [1.165, 1.54) is 4.31 Å². The summed E-state index contributed by atoms with van der Waals surface area (Å²) in [6.07, 6.45) is 0. The fraction of sp³-hybridized carbons (Fsp3) is 0.240. The third-order valence-corrected chi connectivity index (χ3v) is 6.73. The molecule has 0 aliphatic heterocycles. The van der Waals surface area contributed by atoms with E-state index >= 15 is 0 Å². The van der Waals surface area contributed by atoms with Crippen LogP contribution in [0.2, 0.25) is 0 Å². The molecule has 0 bridgehead atoms. The molecule has 0 fully saturated rings. The first-order chi connectivity index (χ1) is 15.3. The molecule has 0 spiro atoms. The first kappa shape index (κ1) is 23.3. The number of rotatable bonds is 9.